The Balaban J connectivity index is 2.17. The number of nitrogens with zero attached hydrogens (tertiary/aromatic N) is 1. The molecule has 1 heterocycles. The highest BCUT2D eigenvalue weighted by Crippen LogP contribution is 2.31. The summed E-state index contributed by atoms with van der Waals surface area (Å²) in [5.41, 5.74) is 2.30. The summed E-state index contributed by atoms with van der Waals surface area (Å²) < 4.78 is 0. The van der Waals surface area contributed by atoms with Crippen LogP contribution in [0.15, 0.2) is 18.2 Å². The third-order valence-corrected chi connectivity index (χ3v) is 3.83. The summed E-state index contributed by atoms with van der Waals surface area (Å²) in [5.74, 6) is -1.68. The highest BCUT2D eigenvalue weighted by molar-refractivity contribution is 6.39. The van der Waals surface area contributed by atoms with Gasteiger partial charge in [0.05, 0.1) is 6.61 Å². The molecule has 0 atom stereocenters. The lowest BCUT2D eigenvalue weighted by molar-refractivity contribution is -0.136. The molecule has 0 fully saturated rings. The van der Waals surface area contributed by atoms with Crippen LogP contribution in [0.1, 0.15) is 25.8 Å². The Morgan fingerprint density at radius 2 is 2.00 bits per heavy atom. The van der Waals surface area contributed by atoms with Gasteiger partial charge in [-0.3, -0.25) is 14.4 Å². The number of benzene rings is 1. The Morgan fingerprint density at radius 3 is 2.67 bits per heavy atom. The van der Waals surface area contributed by atoms with Crippen molar-refractivity contribution in [2.75, 3.05) is 29.9 Å². The number of aliphatic hydroxyl groups excluding tert-OH is 1. The van der Waals surface area contributed by atoms with E-state index in [1.807, 2.05) is 19.9 Å². The molecule has 7 heteroatoms. The van der Waals surface area contributed by atoms with Gasteiger partial charge in [0, 0.05) is 30.4 Å². The number of fused-ring (bicyclic) bond motifs is 1. The third kappa shape index (κ3) is 4.11. The minimum atomic E-state index is -0.808. The molecule has 0 radical (unpaired) electrons. The van der Waals surface area contributed by atoms with Gasteiger partial charge in [-0.1, -0.05) is 19.9 Å². The van der Waals surface area contributed by atoms with Crippen LogP contribution in [0, 0.1) is 5.92 Å². The third-order valence-electron chi connectivity index (χ3n) is 3.83. The Bertz CT molecular complexity index is 643. The molecule has 0 bridgehead atoms. The van der Waals surface area contributed by atoms with Crippen LogP contribution in [-0.2, 0) is 20.8 Å². The van der Waals surface area contributed by atoms with Crippen LogP contribution in [0.5, 0.6) is 0 Å². The number of rotatable bonds is 4. The lowest BCUT2D eigenvalue weighted by Gasteiger charge is -2.31. The maximum atomic E-state index is 12.4. The standard InChI is InChI=1S/C17H23N3O4/c1-11(2)17(24)20-8-3-4-12-5-6-13(10-14(12)20)19-16(23)15(22)18-7-9-21/h5-6,10-11,21H,3-4,7-9H2,1-2H3,(H,18,22)(H,19,23). The molecule has 0 aliphatic carbocycles. The summed E-state index contributed by atoms with van der Waals surface area (Å²) in [6.07, 6.45) is 1.78. The molecule has 24 heavy (non-hydrogen) atoms. The summed E-state index contributed by atoms with van der Waals surface area (Å²) in [5, 5.41) is 13.5. The van der Waals surface area contributed by atoms with Crippen LogP contribution in [-0.4, -0.2) is 42.5 Å². The molecule has 0 unspecified atom stereocenters. The second-order valence-electron chi connectivity index (χ2n) is 6.03. The van der Waals surface area contributed by atoms with Gasteiger partial charge in [-0.15, -0.1) is 0 Å². The topological polar surface area (TPSA) is 98.7 Å². The fourth-order valence-electron chi connectivity index (χ4n) is 2.63. The molecule has 2 rings (SSSR count). The highest BCUT2D eigenvalue weighted by atomic mass is 16.3. The van der Waals surface area contributed by atoms with E-state index in [-0.39, 0.29) is 25.0 Å². The highest BCUT2D eigenvalue weighted by Gasteiger charge is 2.25. The Hall–Kier alpha value is -2.41. The zero-order valence-electron chi connectivity index (χ0n) is 14.0. The van der Waals surface area contributed by atoms with Crippen LogP contribution < -0.4 is 15.5 Å². The maximum Gasteiger partial charge on any atom is 0.313 e. The Kier molecular flexibility index (Phi) is 5.92. The average Bonchev–Trinajstić information content (AvgIpc) is 2.58. The van der Waals surface area contributed by atoms with Crippen LogP contribution >= 0.6 is 0 Å². The summed E-state index contributed by atoms with van der Waals surface area (Å²) in [6.45, 7) is 4.15. The van der Waals surface area contributed by atoms with Gasteiger partial charge in [0.15, 0.2) is 0 Å². The number of nitrogens with one attached hydrogen (secondary N) is 2. The van der Waals surface area contributed by atoms with Crippen molar-refractivity contribution in [3.05, 3.63) is 23.8 Å². The fraction of sp³-hybridized carbons (Fsp3) is 0.471. The van der Waals surface area contributed by atoms with Gasteiger partial charge in [-0.05, 0) is 30.5 Å². The summed E-state index contributed by atoms with van der Waals surface area (Å²) in [6, 6.07) is 5.32. The van der Waals surface area contributed by atoms with Gasteiger partial charge >= 0.3 is 11.8 Å². The molecule has 3 N–H and O–H groups in total. The molecule has 0 saturated heterocycles. The van der Waals surface area contributed by atoms with Crippen molar-refractivity contribution in [1.82, 2.24) is 5.32 Å². The van der Waals surface area contributed by atoms with Gasteiger partial charge in [0.25, 0.3) is 0 Å². The van der Waals surface area contributed by atoms with Crippen LogP contribution in [0.3, 0.4) is 0 Å². The molecule has 0 saturated carbocycles. The first-order valence-corrected chi connectivity index (χ1v) is 8.08. The van der Waals surface area contributed by atoms with E-state index < -0.39 is 11.8 Å². The predicted molar refractivity (Wildman–Crippen MR) is 90.7 cm³/mol. The SMILES string of the molecule is CC(C)C(=O)N1CCCc2ccc(NC(=O)C(=O)NCCO)cc21. The average molecular weight is 333 g/mol. The summed E-state index contributed by atoms with van der Waals surface area (Å²) in [7, 11) is 0. The van der Waals surface area contributed by atoms with Gasteiger partial charge in [-0.25, -0.2) is 0 Å². The number of hydrogen-bond donors (Lipinski definition) is 3. The normalized spacial score (nSPS) is 13.4. The van der Waals surface area contributed by atoms with Crippen molar-refractivity contribution >= 4 is 29.1 Å². The van der Waals surface area contributed by atoms with Gasteiger partial charge in [0.2, 0.25) is 5.91 Å². The molecule has 1 aliphatic rings. The molecular formula is C17H23N3O4. The Labute approximate surface area is 141 Å². The molecule has 0 spiro atoms. The van der Waals surface area contributed by atoms with E-state index in [2.05, 4.69) is 10.6 Å². The maximum absolute atomic E-state index is 12.4. The first-order valence-electron chi connectivity index (χ1n) is 8.08. The number of aliphatic hydroxyl groups is 1. The number of carbonyl (C=O) groups is 3. The van der Waals surface area contributed by atoms with Crippen LogP contribution in [0.4, 0.5) is 11.4 Å². The summed E-state index contributed by atoms with van der Waals surface area (Å²) in [4.78, 5) is 37.5. The lowest BCUT2D eigenvalue weighted by Crippen LogP contribution is -2.38. The lowest BCUT2D eigenvalue weighted by atomic mass is 9.99. The molecule has 3 amide bonds. The molecule has 1 aromatic carbocycles. The van der Waals surface area contributed by atoms with Crippen molar-refractivity contribution in [2.24, 2.45) is 5.92 Å². The second kappa shape index (κ2) is 7.92. The van der Waals surface area contributed by atoms with E-state index in [0.717, 1.165) is 24.1 Å². The summed E-state index contributed by atoms with van der Waals surface area (Å²) >= 11 is 0. The fourth-order valence-corrected chi connectivity index (χ4v) is 2.63. The number of hydrogen-bond acceptors (Lipinski definition) is 4. The molecule has 130 valence electrons. The first-order chi connectivity index (χ1) is 11.4. The molecule has 7 nitrogen and oxygen atoms in total. The largest absolute Gasteiger partial charge is 0.395 e. The minimum absolute atomic E-state index is 0.0209. The van der Waals surface area contributed by atoms with Crippen molar-refractivity contribution in [1.29, 1.82) is 0 Å². The van der Waals surface area contributed by atoms with Crippen molar-refractivity contribution in [3.8, 4) is 0 Å². The number of carbonyl (C=O) groups excluding carboxylic acids is 3. The minimum Gasteiger partial charge on any atom is -0.395 e. The van der Waals surface area contributed by atoms with E-state index in [0.29, 0.717) is 12.2 Å². The first kappa shape index (κ1) is 17.9. The van der Waals surface area contributed by atoms with Crippen molar-refractivity contribution in [2.45, 2.75) is 26.7 Å². The zero-order chi connectivity index (χ0) is 17.7. The van der Waals surface area contributed by atoms with Gasteiger partial charge in [0.1, 0.15) is 0 Å². The van der Waals surface area contributed by atoms with E-state index in [4.69, 9.17) is 5.11 Å². The van der Waals surface area contributed by atoms with E-state index in [1.54, 1.807) is 17.0 Å². The van der Waals surface area contributed by atoms with Crippen molar-refractivity contribution in [3.63, 3.8) is 0 Å². The van der Waals surface area contributed by atoms with Crippen LogP contribution in [0.25, 0.3) is 0 Å². The smallest absolute Gasteiger partial charge is 0.313 e. The van der Waals surface area contributed by atoms with Gasteiger partial charge in [-0.2, -0.15) is 0 Å². The van der Waals surface area contributed by atoms with Crippen LogP contribution in [0.2, 0.25) is 0 Å². The molecule has 1 aromatic rings. The quantitative estimate of drug-likeness (QED) is 0.705. The molecule has 1 aliphatic heterocycles. The number of aryl methyl sites for hydroxylation is 1. The van der Waals surface area contributed by atoms with E-state index in [9.17, 15) is 14.4 Å². The molecular weight excluding hydrogens is 310 g/mol. The number of anilines is 2. The Morgan fingerprint density at radius 1 is 1.25 bits per heavy atom. The van der Waals surface area contributed by atoms with Gasteiger partial charge < -0.3 is 20.6 Å². The zero-order valence-corrected chi connectivity index (χ0v) is 14.0. The predicted octanol–water partition coefficient (Wildman–Crippen LogP) is 0.669. The van der Waals surface area contributed by atoms with E-state index >= 15 is 0 Å². The van der Waals surface area contributed by atoms with E-state index in [1.165, 1.54) is 0 Å². The van der Waals surface area contributed by atoms with Crippen molar-refractivity contribution < 1.29 is 19.5 Å². The monoisotopic (exact) mass is 333 g/mol. The number of amides is 3. The second-order valence-corrected chi connectivity index (χ2v) is 6.03. The molecule has 0 aromatic heterocycles.